The number of alkyl halides is 3. The Morgan fingerprint density at radius 3 is 0.915 bits per heavy atom. The maximum Gasteiger partial charge on any atom is 0.648 e. The van der Waals surface area contributed by atoms with E-state index in [0.717, 1.165) is 13.8 Å². The van der Waals surface area contributed by atoms with Crippen molar-refractivity contribution in [2.45, 2.75) is 20.0 Å². The number of nitro groups is 6. The predicted octanol–water partition coefficient (Wildman–Crippen LogP) is 6.42. The largest absolute Gasteiger partial charge is 0.648 e. The first-order chi connectivity index (χ1) is 21.6. The van der Waals surface area contributed by atoms with Gasteiger partial charge in [-0.3, -0.25) is 60.7 Å². The Balaban J connectivity index is 2.50. The van der Waals surface area contributed by atoms with Crippen LogP contribution in [0.15, 0.2) is 36.4 Å². The number of nitrogens with zero attached hydrogens (tertiary/aromatic N) is 6. The first-order valence-corrected chi connectivity index (χ1v) is 13.1. The van der Waals surface area contributed by atoms with E-state index < -0.39 is 100 Å². The highest BCUT2D eigenvalue weighted by Gasteiger charge is 2.48. The van der Waals surface area contributed by atoms with E-state index in [4.69, 9.17) is 13.6 Å². The van der Waals surface area contributed by atoms with Gasteiger partial charge in [-0.2, -0.15) is 17.7 Å². The Morgan fingerprint density at radius 2 is 0.723 bits per heavy atom. The lowest BCUT2D eigenvalue weighted by Gasteiger charge is -2.19. The first kappa shape index (κ1) is 35.0. The maximum atomic E-state index is 14.2. The molecule has 0 fully saturated rings. The van der Waals surface area contributed by atoms with E-state index in [2.05, 4.69) is 0 Å². The molecule has 0 aliphatic heterocycles. The van der Waals surface area contributed by atoms with Crippen LogP contribution in [0.4, 0.5) is 47.3 Å². The lowest BCUT2D eigenvalue weighted by Crippen LogP contribution is -2.14. The van der Waals surface area contributed by atoms with Crippen LogP contribution in [0.3, 0.4) is 0 Å². The molecule has 26 heteroatoms. The fourth-order valence-electron chi connectivity index (χ4n) is 3.72. The van der Waals surface area contributed by atoms with Gasteiger partial charge in [0.2, 0.25) is 0 Å². The molecule has 0 heterocycles. The number of hydrogen-bond acceptors (Lipinski definition) is 16. The number of phosphoric acid groups is 1. The van der Waals surface area contributed by atoms with Gasteiger partial charge in [-0.15, -0.1) is 0 Å². The highest BCUT2D eigenvalue weighted by molar-refractivity contribution is 7.49. The minimum Gasteiger partial charge on any atom is -0.371 e. The Kier molecular flexibility index (Phi) is 9.27. The molecule has 22 nitrogen and oxygen atoms in total. The quantitative estimate of drug-likeness (QED) is 0.112. The fourth-order valence-corrected chi connectivity index (χ4v) is 5.06. The second kappa shape index (κ2) is 12.5. The van der Waals surface area contributed by atoms with Crippen LogP contribution in [0.2, 0.25) is 0 Å². The van der Waals surface area contributed by atoms with Crippen LogP contribution in [0.25, 0.3) is 0 Å². The van der Waals surface area contributed by atoms with Gasteiger partial charge in [0.25, 0.3) is 17.2 Å². The van der Waals surface area contributed by atoms with E-state index in [9.17, 15) is 78.4 Å². The van der Waals surface area contributed by atoms with Gasteiger partial charge in [0.05, 0.1) is 35.1 Å². The zero-order valence-corrected chi connectivity index (χ0v) is 23.7. The van der Waals surface area contributed by atoms with Crippen molar-refractivity contribution >= 4 is 41.9 Å². The zero-order valence-electron chi connectivity index (χ0n) is 22.8. The minimum atomic E-state index is -6.48. The van der Waals surface area contributed by atoms with Crippen LogP contribution < -0.4 is 13.6 Å². The summed E-state index contributed by atoms with van der Waals surface area (Å²) in [5.74, 6) is -5.31. The number of halogens is 3. The van der Waals surface area contributed by atoms with Gasteiger partial charge in [-0.25, -0.2) is 0 Å². The molecule has 248 valence electrons. The van der Waals surface area contributed by atoms with Gasteiger partial charge in [0.1, 0.15) is 0 Å². The predicted molar refractivity (Wildman–Crippen MR) is 143 cm³/mol. The normalized spacial score (nSPS) is 11.3. The standard InChI is InChI=1S/C21H12F3N6O16P/c1-9-3-12(25(31)32)18(13(4-9)26(33)34)44-47(43,45-19-14(27(35)36)5-10(2)6-15(19)28(37)38)46-20-16(29(39)40)7-11(21(22,23)24)8-17(20)30(41)42/h3-8H,1-2H3. The summed E-state index contributed by atoms with van der Waals surface area (Å²) in [6, 6.07) is 1.61. The van der Waals surface area contributed by atoms with E-state index in [1.807, 2.05) is 0 Å². The average Bonchev–Trinajstić information content (AvgIpc) is 2.92. The van der Waals surface area contributed by atoms with Crippen molar-refractivity contribution < 1.29 is 60.8 Å². The van der Waals surface area contributed by atoms with Crippen LogP contribution >= 0.6 is 7.82 Å². The smallest absolute Gasteiger partial charge is 0.371 e. The number of phosphoric ester groups is 1. The molecule has 0 saturated carbocycles. The zero-order chi connectivity index (χ0) is 35.8. The van der Waals surface area contributed by atoms with Crippen molar-refractivity contribution in [2.24, 2.45) is 0 Å². The first-order valence-electron chi connectivity index (χ1n) is 11.7. The third-order valence-electron chi connectivity index (χ3n) is 5.55. The minimum absolute atomic E-state index is 0.203. The summed E-state index contributed by atoms with van der Waals surface area (Å²) in [7, 11) is -6.48. The molecular weight excluding hydrogens is 680 g/mol. The molecule has 0 unspecified atom stereocenters. The molecule has 3 rings (SSSR count). The summed E-state index contributed by atoms with van der Waals surface area (Å²) < 4.78 is 68.9. The molecule has 3 aromatic rings. The second-order valence-corrected chi connectivity index (χ2v) is 10.3. The summed E-state index contributed by atoms with van der Waals surface area (Å²) in [6.07, 6.45) is -5.48. The highest BCUT2D eigenvalue weighted by Crippen LogP contribution is 2.59. The number of hydrogen-bond donors (Lipinski definition) is 0. The molecule has 0 radical (unpaired) electrons. The molecule has 0 bridgehead atoms. The lowest BCUT2D eigenvalue weighted by atomic mass is 10.1. The van der Waals surface area contributed by atoms with Crippen molar-refractivity contribution in [3.63, 3.8) is 0 Å². The molecular formula is C21H12F3N6O16P. The molecule has 0 aromatic heterocycles. The second-order valence-electron chi connectivity index (χ2n) is 8.87. The highest BCUT2D eigenvalue weighted by atomic mass is 31.2. The Labute approximate surface area is 254 Å². The number of nitro benzene ring substituents is 6. The van der Waals surface area contributed by atoms with Crippen LogP contribution in [0.1, 0.15) is 16.7 Å². The SMILES string of the molecule is Cc1cc([N+](=O)[O-])c(OP(=O)(Oc2c([N+](=O)[O-])cc(C)cc2[N+](=O)[O-])Oc2c([N+](=O)[O-])cc(C(F)(F)F)cc2[N+](=O)[O-])c([N+](=O)[O-])c1. The van der Waals surface area contributed by atoms with E-state index in [1.165, 1.54) is 0 Å². The topological polar surface area (TPSA) is 304 Å². The fraction of sp³-hybridized carbons (Fsp3) is 0.143. The molecule has 0 amide bonds. The molecule has 0 spiro atoms. The summed E-state index contributed by atoms with van der Waals surface area (Å²) in [4.78, 5) is 61.6. The Bertz CT molecular complexity index is 1760. The van der Waals surface area contributed by atoms with Crippen LogP contribution in [-0.4, -0.2) is 29.5 Å². The van der Waals surface area contributed by atoms with E-state index in [1.54, 1.807) is 0 Å². The van der Waals surface area contributed by atoms with Gasteiger partial charge in [0.15, 0.2) is 0 Å². The van der Waals surface area contributed by atoms with E-state index in [0.29, 0.717) is 24.3 Å². The summed E-state index contributed by atoms with van der Waals surface area (Å²) in [5, 5.41) is 70.5. The van der Waals surface area contributed by atoms with Gasteiger partial charge >= 0.3 is 48.1 Å². The van der Waals surface area contributed by atoms with Crippen molar-refractivity contribution in [3.05, 3.63) is 114 Å². The van der Waals surface area contributed by atoms with Crippen molar-refractivity contribution in [1.82, 2.24) is 0 Å². The average molecular weight is 692 g/mol. The number of rotatable bonds is 12. The summed E-state index contributed by atoms with van der Waals surface area (Å²) in [6.45, 7) is 2.20. The van der Waals surface area contributed by atoms with Gasteiger partial charge in [-0.05, 0) is 25.0 Å². The van der Waals surface area contributed by atoms with Crippen molar-refractivity contribution in [1.29, 1.82) is 0 Å². The van der Waals surface area contributed by atoms with Gasteiger partial charge < -0.3 is 13.6 Å². The summed E-state index contributed by atoms with van der Waals surface area (Å²) in [5.41, 5.74) is -12.0. The molecule has 0 atom stereocenters. The number of benzene rings is 3. The van der Waals surface area contributed by atoms with Crippen LogP contribution in [0.5, 0.6) is 17.2 Å². The summed E-state index contributed by atoms with van der Waals surface area (Å²) >= 11 is 0. The molecule has 0 aliphatic carbocycles. The van der Waals surface area contributed by atoms with Crippen molar-refractivity contribution in [2.75, 3.05) is 0 Å². The third kappa shape index (κ3) is 7.42. The van der Waals surface area contributed by atoms with Crippen LogP contribution in [-0.2, 0) is 10.7 Å². The molecule has 0 aliphatic rings. The Hall–Kier alpha value is -6.52. The monoisotopic (exact) mass is 692 g/mol. The molecule has 47 heavy (non-hydrogen) atoms. The van der Waals surface area contributed by atoms with Gasteiger partial charge in [0, 0.05) is 36.4 Å². The van der Waals surface area contributed by atoms with E-state index in [-0.39, 0.29) is 23.3 Å². The molecule has 3 aromatic carbocycles. The third-order valence-corrected chi connectivity index (χ3v) is 6.77. The van der Waals surface area contributed by atoms with Crippen molar-refractivity contribution in [3.8, 4) is 17.2 Å². The molecule has 0 saturated heterocycles. The molecule has 0 N–H and O–H groups in total. The maximum absolute atomic E-state index is 14.2. The lowest BCUT2D eigenvalue weighted by molar-refractivity contribution is -0.396. The van der Waals surface area contributed by atoms with Gasteiger partial charge in [-0.1, -0.05) is 0 Å². The van der Waals surface area contributed by atoms with Crippen LogP contribution in [0, 0.1) is 74.5 Å². The number of aryl methyl sites for hydroxylation is 2. The van der Waals surface area contributed by atoms with E-state index >= 15 is 0 Å². The Morgan fingerprint density at radius 1 is 0.511 bits per heavy atom.